The molecule has 0 radical (unpaired) electrons. The average Bonchev–Trinajstić information content (AvgIpc) is 2.86. The van der Waals surface area contributed by atoms with Crippen LogP contribution in [0.5, 0.6) is 0 Å². The van der Waals surface area contributed by atoms with Crippen LogP contribution in [0.25, 0.3) is 16.2 Å². The molecule has 0 fully saturated rings. The van der Waals surface area contributed by atoms with Crippen LogP contribution in [0.1, 0.15) is 5.69 Å². The van der Waals surface area contributed by atoms with Gasteiger partial charge in [0.1, 0.15) is 21.5 Å². The Bertz CT molecular complexity index is 774. The van der Waals surface area contributed by atoms with Crippen molar-refractivity contribution < 1.29 is 0 Å². The van der Waals surface area contributed by atoms with E-state index in [0.29, 0.717) is 10.2 Å². The third-order valence-electron chi connectivity index (χ3n) is 2.88. The number of anilines is 1. The summed E-state index contributed by atoms with van der Waals surface area (Å²) in [6, 6.07) is 5.84. The zero-order valence-corrected chi connectivity index (χ0v) is 14.5. The second kappa shape index (κ2) is 4.77. The lowest BCUT2D eigenvalue weighted by atomic mass is 10.3. The van der Waals surface area contributed by atoms with Crippen molar-refractivity contribution in [3.63, 3.8) is 0 Å². The summed E-state index contributed by atoms with van der Waals surface area (Å²) in [5.74, 6) is 0.624. The summed E-state index contributed by atoms with van der Waals surface area (Å²) in [7, 11) is 0. The van der Waals surface area contributed by atoms with E-state index in [1.165, 1.54) is 11.3 Å². The Hall–Kier alpha value is -0.560. The lowest BCUT2D eigenvalue weighted by Crippen LogP contribution is -1.98. The normalized spacial score (nSPS) is 11.4. The summed E-state index contributed by atoms with van der Waals surface area (Å²) in [6.07, 6.45) is 0. The second-order valence-corrected chi connectivity index (χ2v) is 7.40. The number of nitrogen functional groups attached to an aromatic ring is 1. The van der Waals surface area contributed by atoms with Crippen LogP contribution in [-0.4, -0.2) is 9.38 Å². The minimum Gasteiger partial charge on any atom is -0.383 e. The van der Waals surface area contributed by atoms with E-state index in [1.807, 2.05) is 29.5 Å². The van der Waals surface area contributed by atoms with Crippen molar-refractivity contribution in [3.8, 4) is 10.6 Å². The Morgan fingerprint density at radius 1 is 1.32 bits per heavy atom. The SMILES string of the molecule is Cc1c(Br)ccc2nc(-c3cc(Br)c(Cl)s3)c(N)n12. The van der Waals surface area contributed by atoms with Crippen LogP contribution in [0, 0.1) is 6.92 Å². The zero-order chi connectivity index (χ0) is 13.7. The first-order valence-corrected chi connectivity index (χ1v) is 8.15. The maximum atomic E-state index is 6.23. The Kier molecular flexibility index (Phi) is 3.37. The van der Waals surface area contributed by atoms with Crippen LogP contribution in [0.3, 0.4) is 0 Å². The van der Waals surface area contributed by atoms with Crippen LogP contribution in [0.4, 0.5) is 5.82 Å². The van der Waals surface area contributed by atoms with Gasteiger partial charge in [-0.15, -0.1) is 11.3 Å². The van der Waals surface area contributed by atoms with Crippen LogP contribution in [0.15, 0.2) is 27.1 Å². The third-order valence-corrected chi connectivity index (χ3v) is 6.20. The maximum Gasteiger partial charge on any atom is 0.139 e. The van der Waals surface area contributed by atoms with Crippen molar-refractivity contribution in [2.24, 2.45) is 0 Å². The van der Waals surface area contributed by atoms with E-state index in [9.17, 15) is 0 Å². The number of halogens is 3. The highest BCUT2D eigenvalue weighted by Crippen LogP contribution is 2.40. The molecule has 0 saturated heterocycles. The summed E-state index contributed by atoms with van der Waals surface area (Å²) >= 11 is 14.4. The number of thiophene rings is 1. The fourth-order valence-electron chi connectivity index (χ4n) is 1.94. The molecule has 19 heavy (non-hydrogen) atoms. The number of aromatic nitrogens is 2. The molecule has 0 spiro atoms. The molecule has 0 saturated carbocycles. The fourth-order valence-corrected chi connectivity index (χ4v) is 3.94. The van der Waals surface area contributed by atoms with E-state index >= 15 is 0 Å². The molecule has 3 nitrogen and oxygen atoms in total. The number of nitrogens with zero attached hydrogens (tertiary/aromatic N) is 2. The molecule has 3 rings (SSSR count). The Morgan fingerprint density at radius 2 is 2.05 bits per heavy atom. The molecule has 0 amide bonds. The van der Waals surface area contributed by atoms with Gasteiger partial charge in [-0.05, 0) is 57.0 Å². The standard InChI is InChI=1S/C12H8Br2ClN3S/c1-5-6(13)2-3-9-17-10(12(16)18(5)9)8-4-7(14)11(15)19-8/h2-4H,16H2,1H3. The van der Waals surface area contributed by atoms with Gasteiger partial charge in [0.15, 0.2) is 0 Å². The van der Waals surface area contributed by atoms with Gasteiger partial charge in [-0.3, -0.25) is 4.40 Å². The predicted molar refractivity (Wildman–Crippen MR) is 88.1 cm³/mol. The van der Waals surface area contributed by atoms with Gasteiger partial charge in [0, 0.05) is 14.6 Å². The molecule has 2 N–H and O–H groups in total. The van der Waals surface area contributed by atoms with Crippen LogP contribution in [-0.2, 0) is 0 Å². The average molecular weight is 422 g/mol. The molecule has 0 unspecified atom stereocenters. The summed E-state index contributed by atoms with van der Waals surface area (Å²) in [6.45, 7) is 2.00. The van der Waals surface area contributed by atoms with E-state index in [2.05, 4.69) is 36.8 Å². The molecule has 0 aliphatic carbocycles. The van der Waals surface area contributed by atoms with Crippen molar-refractivity contribution in [3.05, 3.63) is 37.2 Å². The van der Waals surface area contributed by atoms with Gasteiger partial charge in [-0.1, -0.05) is 11.6 Å². The number of hydrogen-bond donors (Lipinski definition) is 1. The first-order valence-electron chi connectivity index (χ1n) is 5.37. The lowest BCUT2D eigenvalue weighted by molar-refractivity contribution is 1.09. The van der Waals surface area contributed by atoms with Gasteiger partial charge in [-0.25, -0.2) is 4.98 Å². The number of aryl methyl sites for hydroxylation is 1. The number of rotatable bonds is 1. The van der Waals surface area contributed by atoms with Gasteiger partial charge in [-0.2, -0.15) is 0 Å². The minimum atomic E-state index is 0.624. The number of pyridine rings is 1. The van der Waals surface area contributed by atoms with Crippen LogP contribution >= 0.6 is 54.8 Å². The van der Waals surface area contributed by atoms with Crippen molar-refractivity contribution in [2.75, 3.05) is 5.73 Å². The van der Waals surface area contributed by atoms with Crippen molar-refractivity contribution in [1.82, 2.24) is 9.38 Å². The highest BCUT2D eigenvalue weighted by molar-refractivity contribution is 9.10. The molecule has 0 aromatic carbocycles. The Labute approximate surface area is 135 Å². The fraction of sp³-hybridized carbons (Fsp3) is 0.0833. The molecule has 7 heteroatoms. The van der Waals surface area contributed by atoms with Gasteiger partial charge in [0.05, 0.1) is 4.88 Å². The molecule has 0 aliphatic rings. The third kappa shape index (κ3) is 2.11. The number of imidazole rings is 1. The molecular formula is C12H8Br2ClN3S. The van der Waals surface area contributed by atoms with E-state index in [0.717, 1.165) is 30.9 Å². The van der Waals surface area contributed by atoms with E-state index in [4.69, 9.17) is 17.3 Å². The summed E-state index contributed by atoms with van der Waals surface area (Å²) in [4.78, 5) is 5.54. The molecule has 3 aromatic rings. The highest BCUT2D eigenvalue weighted by atomic mass is 79.9. The smallest absolute Gasteiger partial charge is 0.139 e. The number of fused-ring (bicyclic) bond motifs is 1. The summed E-state index contributed by atoms with van der Waals surface area (Å²) in [5.41, 5.74) is 8.84. The molecule has 0 bridgehead atoms. The van der Waals surface area contributed by atoms with Crippen molar-refractivity contribution in [1.29, 1.82) is 0 Å². The predicted octanol–water partition coefficient (Wildman–Crippen LogP) is 5.13. The van der Waals surface area contributed by atoms with E-state index in [1.54, 1.807) is 0 Å². The van der Waals surface area contributed by atoms with Gasteiger partial charge in [0.25, 0.3) is 0 Å². The minimum absolute atomic E-state index is 0.624. The van der Waals surface area contributed by atoms with Gasteiger partial charge < -0.3 is 5.73 Å². The number of nitrogens with two attached hydrogens (primary N) is 1. The van der Waals surface area contributed by atoms with E-state index in [-0.39, 0.29) is 0 Å². The topological polar surface area (TPSA) is 43.3 Å². The largest absolute Gasteiger partial charge is 0.383 e. The van der Waals surface area contributed by atoms with Crippen LogP contribution < -0.4 is 5.73 Å². The zero-order valence-electron chi connectivity index (χ0n) is 9.75. The van der Waals surface area contributed by atoms with Crippen molar-refractivity contribution in [2.45, 2.75) is 6.92 Å². The molecule has 0 atom stereocenters. The Balaban J connectivity index is 2.31. The highest BCUT2D eigenvalue weighted by Gasteiger charge is 2.16. The molecule has 3 heterocycles. The first-order chi connectivity index (χ1) is 8.99. The summed E-state index contributed by atoms with van der Waals surface area (Å²) in [5, 5.41) is 0. The Morgan fingerprint density at radius 3 is 2.68 bits per heavy atom. The number of hydrogen-bond acceptors (Lipinski definition) is 3. The lowest BCUT2D eigenvalue weighted by Gasteiger charge is -2.03. The van der Waals surface area contributed by atoms with E-state index < -0.39 is 0 Å². The molecular weight excluding hydrogens is 413 g/mol. The molecule has 3 aromatic heterocycles. The first kappa shape index (κ1) is 13.4. The molecule has 98 valence electrons. The van der Waals surface area contributed by atoms with Gasteiger partial charge in [0.2, 0.25) is 0 Å². The monoisotopic (exact) mass is 419 g/mol. The summed E-state index contributed by atoms with van der Waals surface area (Å²) < 4.78 is 4.50. The maximum absolute atomic E-state index is 6.23. The second-order valence-electron chi connectivity index (χ2n) is 4.04. The quantitative estimate of drug-likeness (QED) is 0.592. The van der Waals surface area contributed by atoms with Crippen LogP contribution in [0.2, 0.25) is 4.34 Å². The van der Waals surface area contributed by atoms with Crippen molar-refractivity contribution >= 4 is 66.3 Å². The molecule has 0 aliphatic heterocycles. The van der Waals surface area contributed by atoms with Gasteiger partial charge >= 0.3 is 0 Å².